The Balaban J connectivity index is 0. The highest BCUT2D eigenvalue weighted by molar-refractivity contribution is 5.65. The van der Waals surface area contributed by atoms with Crippen LogP contribution in [0.1, 0.15) is 65.2 Å². The van der Waals surface area contributed by atoms with E-state index in [9.17, 15) is 9.59 Å². The summed E-state index contributed by atoms with van der Waals surface area (Å²) in [5.41, 5.74) is 0. The molecule has 2 nitrogen and oxygen atoms in total. The molecule has 0 aliphatic rings. The van der Waals surface area contributed by atoms with Crippen molar-refractivity contribution in [1.29, 1.82) is 0 Å². The maximum atomic E-state index is 9.82. The average molecular weight is 252 g/mol. The van der Waals surface area contributed by atoms with Gasteiger partial charge in [0.2, 0.25) is 0 Å². The van der Waals surface area contributed by atoms with Crippen LogP contribution in [-0.4, -0.2) is 12.6 Å². The number of carbonyl (C=O) groups excluding carboxylic acids is 2. The van der Waals surface area contributed by atoms with E-state index in [0.29, 0.717) is 0 Å². The van der Waals surface area contributed by atoms with Crippen molar-refractivity contribution in [2.75, 3.05) is 0 Å². The fourth-order valence-electron chi connectivity index (χ4n) is 1.27. The topological polar surface area (TPSA) is 34.1 Å². The minimum absolute atomic E-state index is 0.744. The van der Waals surface area contributed by atoms with Crippen molar-refractivity contribution >= 4 is 12.6 Å². The third-order valence-electron chi connectivity index (χ3n) is 2.34. The van der Waals surface area contributed by atoms with Crippen LogP contribution in [0.3, 0.4) is 0 Å². The van der Waals surface area contributed by atoms with Crippen LogP contribution in [0.25, 0.3) is 0 Å². The Morgan fingerprint density at radius 3 is 1.83 bits per heavy atom. The van der Waals surface area contributed by atoms with E-state index < -0.39 is 0 Å². The van der Waals surface area contributed by atoms with E-state index in [-0.39, 0.29) is 0 Å². The van der Waals surface area contributed by atoms with Crippen molar-refractivity contribution in [3.05, 3.63) is 24.3 Å². The van der Waals surface area contributed by atoms with E-state index in [1.165, 1.54) is 38.2 Å². The molecule has 0 heterocycles. The van der Waals surface area contributed by atoms with Crippen molar-refractivity contribution in [3.63, 3.8) is 0 Å². The van der Waals surface area contributed by atoms with Crippen LogP contribution in [0, 0.1) is 0 Å². The first kappa shape index (κ1) is 19.2. The van der Waals surface area contributed by atoms with Crippen LogP contribution in [0.2, 0.25) is 0 Å². The lowest BCUT2D eigenvalue weighted by molar-refractivity contribution is -0.108. The van der Waals surface area contributed by atoms with Crippen LogP contribution in [0.5, 0.6) is 0 Å². The van der Waals surface area contributed by atoms with Crippen LogP contribution in [-0.2, 0) is 9.59 Å². The van der Waals surface area contributed by atoms with Gasteiger partial charge in [-0.15, -0.1) is 0 Å². The van der Waals surface area contributed by atoms with Gasteiger partial charge in [-0.1, -0.05) is 57.8 Å². The van der Waals surface area contributed by atoms with Gasteiger partial charge in [0.15, 0.2) is 0 Å². The number of aldehydes is 2. The summed E-state index contributed by atoms with van der Waals surface area (Å²) >= 11 is 0. The summed E-state index contributed by atoms with van der Waals surface area (Å²) < 4.78 is 0. The van der Waals surface area contributed by atoms with Gasteiger partial charge in [0.25, 0.3) is 0 Å². The Bertz CT molecular complexity index is 217. The minimum atomic E-state index is 0.744. The van der Waals surface area contributed by atoms with E-state index in [2.05, 4.69) is 19.9 Å². The van der Waals surface area contributed by atoms with Crippen LogP contribution in [0.4, 0.5) is 0 Å². The Labute approximate surface area is 112 Å². The number of hydrogen-bond donors (Lipinski definition) is 0. The largest absolute Gasteiger partial charge is 0.303 e. The summed E-state index contributed by atoms with van der Waals surface area (Å²) in [5, 5.41) is 0. The van der Waals surface area contributed by atoms with E-state index in [1.807, 2.05) is 6.08 Å². The van der Waals surface area contributed by atoms with E-state index in [4.69, 9.17) is 0 Å². The van der Waals surface area contributed by atoms with Gasteiger partial charge in [-0.25, -0.2) is 0 Å². The molecular weight excluding hydrogens is 224 g/mol. The summed E-state index contributed by atoms with van der Waals surface area (Å²) in [6.07, 6.45) is 18.2. The van der Waals surface area contributed by atoms with E-state index >= 15 is 0 Å². The zero-order valence-electron chi connectivity index (χ0n) is 11.9. The molecule has 0 spiro atoms. The summed E-state index contributed by atoms with van der Waals surface area (Å²) in [6, 6.07) is 0. The molecule has 0 aromatic carbocycles. The molecule has 0 radical (unpaired) electrons. The molecule has 104 valence electrons. The van der Waals surface area contributed by atoms with Crippen LogP contribution < -0.4 is 0 Å². The van der Waals surface area contributed by atoms with Gasteiger partial charge in [-0.2, -0.15) is 0 Å². The first-order chi connectivity index (χ1) is 8.83. The van der Waals surface area contributed by atoms with Crippen LogP contribution >= 0.6 is 0 Å². The fraction of sp³-hybridized carbons (Fsp3) is 0.625. The van der Waals surface area contributed by atoms with Crippen LogP contribution in [0.15, 0.2) is 24.3 Å². The van der Waals surface area contributed by atoms with Gasteiger partial charge in [0.05, 0.1) is 0 Å². The summed E-state index contributed by atoms with van der Waals surface area (Å²) in [4.78, 5) is 19.5. The van der Waals surface area contributed by atoms with Gasteiger partial charge in [0.1, 0.15) is 12.6 Å². The highest BCUT2D eigenvalue weighted by atomic mass is 16.1. The highest BCUT2D eigenvalue weighted by Crippen LogP contribution is 1.99. The molecule has 0 fully saturated rings. The zero-order valence-corrected chi connectivity index (χ0v) is 11.9. The Hall–Kier alpha value is -1.18. The molecule has 0 aliphatic heterocycles. The second-order valence-electron chi connectivity index (χ2n) is 4.11. The molecule has 0 aliphatic carbocycles. The SMILES string of the molecule is CCCCCC=CC=CC=O.CCCCCC=O. The predicted octanol–water partition coefficient (Wildman–Crippen LogP) is 4.64. The molecule has 0 saturated heterocycles. The van der Waals surface area contributed by atoms with Gasteiger partial charge in [-0.3, -0.25) is 4.79 Å². The maximum Gasteiger partial charge on any atom is 0.142 e. The monoisotopic (exact) mass is 252 g/mol. The van der Waals surface area contributed by atoms with E-state index in [0.717, 1.165) is 31.8 Å². The number of rotatable bonds is 10. The van der Waals surface area contributed by atoms with E-state index in [1.54, 1.807) is 6.08 Å². The average Bonchev–Trinajstić information content (AvgIpc) is 2.39. The van der Waals surface area contributed by atoms with Crippen molar-refractivity contribution in [2.45, 2.75) is 65.2 Å². The molecule has 0 rings (SSSR count). The number of allylic oxidation sites excluding steroid dienone is 4. The molecule has 0 unspecified atom stereocenters. The molecule has 2 heteroatoms. The maximum absolute atomic E-state index is 9.82. The quantitative estimate of drug-likeness (QED) is 0.245. The highest BCUT2D eigenvalue weighted by Gasteiger charge is 1.80. The van der Waals surface area contributed by atoms with Gasteiger partial charge >= 0.3 is 0 Å². The van der Waals surface area contributed by atoms with Gasteiger partial charge in [0, 0.05) is 6.42 Å². The Morgan fingerprint density at radius 2 is 1.33 bits per heavy atom. The number of hydrogen-bond acceptors (Lipinski definition) is 2. The second kappa shape index (κ2) is 21.1. The van der Waals surface area contributed by atoms with Crippen molar-refractivity contribution in [3.8, 4) is 0 Å². The molecular formula is C16H28O2. The lowest BCUT2D eigenvalue weighted by Crippen LogP contribution is -1.73. The molecule has 0 aromatic rings. The first-order valence-corrected chi connectivity index (χ1v) is 7.04. The standard InChI is InChI=1S/C10H16O.C6H12O/c1-2-3-4-5-6-7-8-9-10-11;1-2-3-4-5-6-7/h6-10H,2-5H2,1H3;6H,2-5H2,1H3. The predicted molar refractivity (Wildman–Crippen MR) is 78.7 cm³/mol. The smallest absolute Gasteiger partial charge is 0.142 e. The molecule has 0 amide bonds. The van der Waals surface area contributed by atoms with Crippen molar-refractivity contribution in [2.24, 2.45) is 0 Å². The van der Waals surface area contributed by atoms with Gasteiger partial charge in [-0.05, 0) is 25.3 Å². The summed E-state index contributed by atoms with van der Waals surface area (Å²) in [7, 11) is 0. The molecule has 18 heavy (non-hydrogen) atoms. The zero-order chi connectivity index (χ0) is 13.9. The lowest BCUT2D eigenvalue weighted by atomic mass is 10.2. The van der Waals surface area contributed by atoms with Crippen molar-refractivity contribution in [1.82, 2.24) is 0 Å². The molecule has 0 N–H and O–H groups in total. The summed E-state index contributed by atoms with van der Waals surface area (Å²) in [6.45, 7) is 4.32. The normalized spacial score (nSPS) is 10.3. The van der Waals surface area contributed by atoms with Crippen molar-refractivity contribution < 1.29 is 9.59 Å². The third-order valence-corrected chi connectivity index (χ3v) is 2.34. The second-order valence-corrected chi connectivity index (χ2v) is 4.11. The molecule has 0 saturated carbocycles. The Morgan fingerprint density at radius 1 is 0.722 bits per heavy atom. The summed E-state index contributed by atoms with van der Waals surface area (Å²) in [5.74, 6) is 0. The number of carbonyl (C=O) groups is 2. The first-order valence-electron chi connectivity index (χ1n) is 7.04. The third kappa shape index (κ3) is 24.2. The lowest BCUT2D eigenvalue weighted by Gasteiger charge is -1.89. The van der Waals surface area contributed by atoms with Gasteiger partial charge < -0.3 is 4.79 Å². The number of unbranched alkanes of at least 4 members (excludes halogenated alkanes) is 6. The molecule has 0 atom stereocenters. The molecule has 0 aromatic heterocycles. The Kier molecular flexibility index (Phi) is 22.5. The molecule has 0 bridgehead atoms. The fourth-order valence-corrected chi connectivity index (χ4v) is 1.27. The minimum Gasteiger partial charge on any atom is -0.303 e.